The van der Waals surface area contributed by atoms with Gasteiger partial charge in [0.1, 0.15) is 0 Å². The molecular weight excluding hydrogens is 346 g/mol. The Bertz CT molecular complexity index is 333. The van der Waals surface area contributed by atoms with Crippen LogP contribution in [0.5, 0.6) is 0 Å². The molecule has 3 atom stereocenters. The molecule has 170 valence electrons. The smallest absolute Gasteiger partial charge is 0.000844 e. The Morgan fingerprint density at radius 1 is 0.571 bits per heavy atom. The molecule has 10 N–H and O–H groups in total. The van der Waals surface area contributed by atoms with Crippen LogP contribution in [0.3, 0.4) is 0 Å². The van der Waals surface area contributed by atoms with Crippen molar-refractivity contribution < 1.29 is 0 Å². The molecule has 0 amide bonds. The lowest BCUT2D eigenvalue weighted by Gasteiger charge is -2.33. The normalized spacial score (nSPS) is 15.5. The molecule has 0 saturated heterocycles. The highest BCUT2D eigenvalue weighted by Crippen LogP contribution is 2.31. The third-order valence-electron chi connectivity index (χ3n) is 6.98. The van der Waals surface area contributed by atoms with E-state index in [1.807, 2.05) is 0 Å². The Morgan fingerprint density at radius 2 is 1.07 bits per heavy atom. The summed E-state index contributed by atoms with van der Waals surface area (Å²) in [5.74, 6) is 1.47. The zero-order valence-corrected chi connectivity index (χ0v) is 19.1. The molecule has 0 aromatic carbocycles. The highest BCUT2D eigenvalue weighted by atomic mass is 14.7. The topological polar surface area (TPSA) is 130 Å². The number of rotatable bonds is 20. The second-order valence-corrected chi connectivity index (χ2v) is 9.00. The maximum absolute atomic E-state index is 6.14. The minimum atomic E-state index is 0.146. The quantitative estimate of drug-likeness (QED) is 0.200. The maximum atomic E-state index is 6.14. The summed E-state index contributed by atoms with van der Waals surface area (Å²) in [7, 11) is 0. The van der Waals surface area contributed by atoms with Crippen molar-refractivity contribution in [3.63, 3.8) is 0 Å². The van der Waals surface area contributed by atoms with Gasteiger partial charge in [0.15, 0.2) is 0 Å². The summed E-state index contributed by atoms with van der Waals surface area (Å²) in [5, 5.41) is 0. The monoisotopic (exact) mass is 399 g/mol. The molecule has 0 heterocycles. The zero-order valence-electron chi connectivity index (χ0n) is 19.1. The van der Waals surface area contributed by atoms with Gasteiger partial charge in [0.2, 0.25) is 0 Å². The van der Waals surface area contributed by atoms with Gasteiger partial charge in [0.25, 0.3) is 0 Å². The fourth-order valence-electron chi connectivity index (χ4n) is 4.70. The summed E-state index contributed by atoms with van der Waals surface area (Å²) < 4.78 is 0. The summed E-state index contributed by atoms with van der Waals surface area (Å²) in [6.45, 7) is 8.05. The maximum Gasteiger partial charge on any atom is -0.000844 e. The third kappa shape index (κ3) is 10.5. The van der Waals surface area contributed by atoms with Gasteiger partial charge in [-0.2, -0.15) is 0 Å². The van der Waals surface area contributed by atoms with Crippen LogP contribution in [0.2, 0.25) is 0 Å². The molecule has 3 unspecified atom stereocenters. The van der Waals surface area contributed by atoms with Crippen molar-refractivity contribution in [1.82, 2.24) is 0 Å². The van der Waals surface area contributed by atoms with Crippen LogP contribution in [-0.2, 0) is 0 Å². The van der Waals surface area contributed by atoms with E-state index in [1.165, 1.54) is 64.2 Å². The first-order valence-electron chi connectivity index (χ1n) is 12.1. The predicted molar refractivity (Wildman–Crippen MR) is 125 cm³/mol. The molecule has 0 aliphatic rings. The Morgan fingerprint density at radius 3 is 1.50 bits per heavy atom. The predicted octanol–water partition coefficient (Wildman–Crippen LogP) is 3.34. The van der Waals surface area contributed by atoms with E-state index in [-0.39, 0.29) is 5.41 Å². The highest BCUT2D eigenvalue weighted by molar-refractivity contribution is 4.82. The van der Waals surface area contributed by atoms with Crippen LogP contribution in [0.4, 0.5) is 0 Å². The largest absolute Gasteiger partial charge is 0.330 e. The summed E-state index contributed by atoms with van der Waals surface area (Å²) in [6.07, 6.45) is 14.5. The first-order valence-corrected chi connectivity index (χ1v) is 12.1. The first kappa shape index (κ1) is 27.8. The number of unbranched alkanes of at least 4 members (excludes halogenated alkanes) is 5. The Balaban J connectivity index is 4.44. The molecule has 0 fully saturated rings. The van der Waals surface area contributed by atoms with E-state index >= 15 is 0 Å². The van der Waals surface area contributed by atoms with E-state index < -0.39 is 0 Å². The van der Waals surface area contributed by atoms with Crippen LogP contribution < -0.4 is 28.7 Å². The lowest BCUT2D eigenvalue weighted by atomic mass is 9.76. The van der Waals surface area contributed by atoms with Gasteiger partial charge in [0, 0.05) is 0 Å². The number of nitrogens with two attached hydrogens (primary N) is 5. The first-order chi connectivity index (χ1) is 13.6. The SMILES string of the molecule is CCCCCC(CN)(CN)CCCCCC(CN)C(CN)C(CN)CCCC. The molecule has 0 spiro atoms. The van der Waals surface area contributed by atoms with Crippen molar-refractivity contribution in [3.8, 4) is 0 Å². The van der Waals surface area contributed by atoms with Crippen LogP contribution in [0.25, 0.3) is 0 Å². The molecular formula is C23H53N5. The Labute approximate surface area is 175 Å². The van der Waals surface area contributed by atoms with Crippen LogP contribution in [-0.4, -0.2) is 32.7 Å². The standard InChI is InChI=1S/C23H53N5/c1-3-5-9-13-23(18-27,19-28)14-10-7-8-12-21(16-25)22(17-26)20(15-24)11-6-4-2/h20-22H,3-19,24-28H2,1-2H3. The van der Waals surface area contributed by atoms with Crippen molar-refractivity contribution in [1.29, 1.82) is 0 Å². The Hall–Kier alpha value is -0.200. The van der Waals surface area contributed by atoms with Crippen LogP contribution >= 0.6 is 0 Å². The van der Waals surface area contributed by atoms with Crippen LogP contribution in [0.1, 0.15) is 90.9 Å². The second kappa shape index (κ2) is 17.6. The van der Waals surface area contributed by atoms with Gasteiger partial charge < -0.3 is 28.7 Å². The van der Waals surface area contributed by atoms with E-state index in [4.69, 9.17) is 28.7 Å². The van der Waals surface area contributed by atoms with Gasteiger partial charge in [0.05, 0.1) is 0 Å². The van der Waals surface area contributed by atoms with Crippen molar-refractivity contribution in [3.05, 3.63) is 0 Å². The average molecular weight is 400 g/mol. The van der Waals surface area contributed by atoms with Gasteiger partial charge in [-0.1, -0.05) is 65.2 Å². The summed E-state index contributed by atoms with van der Waals surface area (Å²) >= 11 is 0. The molecule has 0 rings (SSSR count). The van der Waals surface area contributed by atoms with E-state index in [0.717, 1.165) is 25.9 Å². The molecule has 5 nitrogen and oxygen atoms in total. The van der Waals surface area contributed by atoms with E-state index in [1.54, 1.807) is 0 Å². The lowest BCUT2D eigenvalue weighted by Crippen LogP contribution is -2.38. The Kier molecular flexibility index (Phi) is 17.5. The van der Waals surface area contributed by atoms with Gasteiger partial charge in [-0.25, -0.2) is 0 Å². The molecule has 0 saturated carbocycles. The van der Waals surface area contributed by atoms with Gasteiger partial charge in [-0.05, 0) is 81.6 Å². The van der Waals surface area contributed by atoms with Crippen LogP contribution in [0, 0.1) is 23.2 Å². The minimum absolute atomic E-state index is 0.146. The second-order valence-electron chi connectivity index (χ2n) is 9.00. The summed E-state index contributed by atoms with van der Waals surface area (Å²) in [4.78, 5) is 0. The number of hydrogen-bond acceptors (Lipinski definition) is 5. The molecule has 0 bridgehead atoms. The van der Waals surface area contributed by atoms with Crippen molar-refractivity contribution in [2.45, 2.75) is 90.9 Å². The average Bonchev–Trinajstić information content (AvgIpc) is 2.73. The van der Waals surface area contributed by atoms with Crippen molar-refractivity contribution >= 4 is 0 Å². The van der Waals surface area contributed by atoms with Gasteiger partial charge in [-0.15, -0.1) is 0 Å². The zero-order chi connectivity index (χ0) is 21.3. The van der Waals surface area contributed by atoms with Crippen molar-refractivity contribution in [2.24, 2.45) is 51.8 Å². The van der Waals surface area contributed by atoms with Crippen molar-refractivity contribution in [2.75, 3.05) is 32.7 Å². The van der Waals surface area contributed by atoms with E-state index in [2.05, 4.69) is 13.8 Å². The molecule has 5 heteroatoms. The lowest BCUT2D eigenvalue weighted by molar-refractivity contribution is 0.208. The molecule has 28 heavy (non-hydrogen) atoms. The highest BCUT2D eigenvalue weighted by Gasteiger charge is 2.27. The molecule has 0 aliphatic heterocycles. The number of hydrogen-bond donors (Lipinski definition) is 5. The minimum Gasteiger partial charge on any atom is -0.330 e. The molecule has 0 aromatic heterocycles. The third-order valence-corrected chi connectivity index (χ3v) is 6.98. The molecule has 0 radical (unpaired) electrons. The summed E-state index contributed by atoms with van der Waals surface area (Å²) in [6, 6.07) is 0. The van der Waals surface area contributed by atoms with Gasteiger partial charge >= 0.3 is 0 Å². The van der Waals surface area contributed by atoms with Crippen LogP contribution in [0.15, 0.2) is 0 Å². The molecule has 0 aromatic rings. The fourth-order valence-corrected chi connectivity index (χ4v) is 4.70. The van der Waals surface area contributed by atoms with Gasteiger partial charge in [-0.3, -0.25) is 0 Å². The van der Waals surface area contributed by atoms with E-state index in [0.29, 0.717) is 37.4 Å². The summed E-state index contributed by atoms with van der Waals surface area (Å²) in [5.41, 5.74) is 30.7. The fraction of sp³-hybridized carbons (Fsp3) is 1.00. The van der Waals surface area contributed by atoms with E-state index in [9.17, 15) is 0 Å². The molecule has 0 aliphatic carbocycles.